The van der Waals surface area contributed by atoms with Crippen LogP contribution in [-0.2, 0) is 9.53 Å². The largest absolute Gasteiger partial charge is 0.464 e. The molecule has 0 radical (unpaired) electrons. The smallest absolute Gasteiger partial charge is 0.360 e. The maximum Gasteiger partial charge on any atom is 0.360 e. The number of amides is 1. The average Bonchev–Trinajstić information content (AvgIpc) is 3.17. The van der Waals surface area contributed by atoms with Crippen molar-refractivity contribution in [1.82, 2.24) is 25.2 Å². The second-order valence-electron chi connectivity index (χ2n) is 6.17. The summed E-state index contributed by atoms with van der Waals surface area (Å²) in [5.74, 6) is -0.317. The van der Waals surface area contributed by atoms with Crippen molar-refractivity contribution in [2.24, 2.45) is 0 Å². The molecule has 2 aliphatic rings. The molecule has 1 amide bonds. The van der Waals surface area contributed by atoms with E-state index in [1.54, 1.807) is 10.9 Å². The topological polar surface area (TPSA) is 89.4 Å². The Morgan fingerprint density at radius 2 is 2.00 bits per heavy atom. The van der Waals surface area contributed by atoms with Crippen LogP contribution in [0, 0.1) is 0 Å². The van der Waals surface area contributed by atoms with Crippen LogP contribution in [0.15, 0.2) is 6.20 Å². The molecule has 0 aromatic carbocycles. The molecule has 0 spiro atoms. The molecule has 0 aliphatic carbocycles. The minimum absolute atomic E-state index is 0.0295. The van der Waals surface area contributed by atoms with Gasteiger partial charge in [-0.2, -0.15) is 0 Å². The minimum atomic E-state index is -0.501. The summed E-state index contributed by atoms with van der Waals surface area (Å²) in [6.07, 6.45) is 6.84. The molecule has 1 N–H and O–H groups in total. The highest BCUT2D eigenvalue weighted by Gasteiger charge is 2.34. The lowest BCUT2D eigenvalue weighted by Gasteiger charge is -2.23. The van der Waals surface area contributed by atoms with Crippen molar-refractivity contribution in [2.75, 3.05) is 26.7 Å². The van der Waals surface area contributed by atoms with Crippen molar-refractivity contribution in [2.45, 2.75) is 44.2 Å². The number of nitrogens with zero attached hydrogens (tertiary/aromatic N) is 4. The van der Waals surface area contributed by atoms with Crippen LogP contribution in [0.3, 0.4) is 0 Å². The van der Waals surface area contributed by atoms with Crippen LogP contribution in [0.2, 0.25) is 0 Å². The SMILES string of the molecule is COC(=O)c1cn([C@H]2CN[C@H](C(=O)N3CCCCCC3)C2)nn1. The highest BCUT2D eigenvalue weighted by Crippen LogP contribution is 2.21. The number of esters is 1. The summed E-state index contributed by atoms with van der Waals surface area (Å²) >= 11 is 0. The Balaban J connectivity index is 1.60. The lowest BCUT2D eigenvalue weighted by atomic mass is 10.1. The number of hydrogen-bond donors (Lipinski definition) is 1. The summed E-state index contributed by atoms with van der Waals surface area (Å²) < 4.78 is 6.28. The van der Waals surface area contributed by atoms with Gasteiger partial charge in [0.15, 0.2) is 5.69 Å². The molecule has 0 bridgehead atoms. The van der Waals surface area contributed by atoms with Gasteiger partial charge in [0.25, 0.3) is 0 Å². The van der Waals surface area contributed by atoms with Crippen LogP contribution in [0.4, 0.5) is 0 Å². The van der Waals surface area contributed by atoms with E-state index in [-0.39, 0.29) is 23.7 Å². The highest BCUT2D eigenvalue weighted by molar-refractivity contribution is 5.86. The van der Waals surface area contributed by atoms with Gasteiger partial charge >= 0.3 is 5.97 Å². The molecule has 23 heavy (non-hydrogen) atoms. The van der Waals surface area contributed by atoms with E-state index < -0.39 is 5.97 Å². The summed E-state index contributed by atoms with van der Waals surface area (Å²) in [6, 6.07) is -0.147. The van der Waals surface area contributed by atoms with Gasteiger partial charge in [-0.3, -0.25) is 4.79 Å². The summed E-state index contributed by atoms with van der Waals surface area (Å²) in [4.78, 5) is 26.1. The predicted molar refractivity (Wildman–Crippen MR) is 81.9 cm³/mol. The fourth-order valence-corrected chi connectivity index (χ4v) is 3.27. The second kappa shape index (κ2) is 7.08. The third-order valence-electron chi connectivity index (χ3n) is 4.60. The van der Waals surface area contributed by atoms with Crippen LogP contribution >= 0.6 is 0 Å². The molecule has 1 aromatic rings. The summed E-state index contributed by atoms with van der Waals surface area (Å²) in [5, 5.41) is 11.1. The Bertz CT molecular complexity index is 565. The van der Waals surface area contributed by atoms with Gasteiger partial charge in [-0.15, -0.1) is 5.10 Å². The highest BCUT2D eigenvalue weighted by atomic mass is 16.5. The monoisotopic (exact) mass is 321 g/mol. The zero-order chi connectivity index (χ0) is 16.2. The van der Waals surface area contributed by atoms with Crippen LogP contribution in [0.25, 0.3) is 0 Å². The van der Waals surface area contributed by atoms with Crippen LogP contribution < -0.4 is 5.32 Å². The van der Waals surface area contributed by atoms with Gasteiger partial charge in [0, 0.05) is 19.6 Å². The summed E-state index contributed by atoms with van der Waals surface area (Å²) in [5.41, 5.74) is 0.190. The van der Waals surface area contributed by atoms with Gasteiger partial charge < -0.3 is 15.0 Å². The Morgan fingerprint density at radius 1 is 1.26 bits per heavy atom. The van der Waals surface area contributed by atoms with Crippen LogP contribution in [-0.4, -0.2) is 64.6 Å². The summed E-state index contributed by atoms with van der Waals surface area (Å²) in [7, 11) is 1.31. The number of likely N-dealkylation sites (tertiary alicyclic amines) is 1. The zero-order valence-corrected chi connectivity index (χ0v) is 13.4. The van der Waals surface area contributed by atoms with Crippen molar-refractivity contribution in [3.8, 4) is 0 Å². The van der Waals surface area contributed by atoms with Crippen molar-refractivity contribution >= 4 is 11.9 Å². The second-order valence-corrected chi connectivity index (χ2v) is 6.17. The number of carbonyl (C=O) groups excluding carboxylic acids is 2. The molecule has 2 saturated heterocycles. The third-order valence-corrected chi connectivity index (χ3v) is 4.60. The van der Waals surface area contributed by atoms with Crippen molar-refractivity contribution in [3.05, 3.63) is 11.9 Å². The van der Waals surface area contributed by atoms with Gasteiger partial charge in [0.2, 0.25) is 5.91 Å². The number of hydrogen-bond acceptors (Lipinski definition) is 6. The average molecular weight is 321 g/mol. The molecule has 1 aromatic heterocycles. The van der Waals surface area contributed by atoms with Crippen molar-refractivity contribution in [1.29, 1.82) is 0 Å². The summed E-state index contributed by atoms with van der Waals surface area (Å²) in [6.45, 7) is 2.36. The first kappa shape index (κ1) is 15.9. The molecule has 2 aliphatic heterocycles. The molecule has 126 valence electrons. The number of aromatic nitrogens is 3. The van der Waals surface area contributed by atoms with Crippen molar-refractivity contribution in [3.63, 3.8) is 0 Å². The van der Waals surface area contributed by atoms with Gasteiger partial charge in [-0.05, 0) is 19.3 Å². The quantitative estimate of drug-likeness (QED) is 0.809. The molecule has 2 fully saturated rings. The number of ether oxygens (including phenoxy) is 1. The van der Waals surface area contributed by atoms with Crippen LogP contribution in [0.1, 0.15) is 48.6 Å². The van der Waals surface area contributed by atoms with Crippen molar-refractivity contribution < 1.29 is 14.3 Å². The first-order valence-electron chi connectivity index (χ1n) is 8.21. The normalized spacial score (nSPS) is 25.2. The number of methoxy groups -OCH3 is 1. The number of rotatable bonds is 3. The molecular formula is C15H23N5O3. The number of nitrogens with one attached hydrogen (secondary N) is 1. The van der Waals surface area contributed by atoms with E-state index in [1.165, 1.54) is 20.0 Å². The molecule has 8 heteroatoms. The van der Waals surface area contributed by atoms with E-state index >= 15 is 0 Å². The lowest BCUT2D eigenvalue weighted by molar-refractivity contribution is -0.133. The third kappa shape index (κ3) is 3.52. The first-order valence-corrected chi connectivity index (χ1v) is 8.21. The molecular weight excluding hydrogens is 298 g/mol. The Labute approximate surface area is 135 Å². The Hall–Kier alpha value is -1.96. The van der Waals surface area contributed by atoms with E-state index in [1.807, 2.05) is 4.90 Å². The van der Waals surface area contributed by atoms with Gasteiger partial charge in [-0.25, -0.2) is 9.48 Å². The fraction of sp³-hybridized carbons (Fsp3) is 0.733. The van der Waals surface area contributed by atoms with E-state index in [0.29, 0.717) is 13.0 Å². The zero-order valence-electron chi connectivity index (χ0n) is 13.4. The van der Waals surface area contributed by atoms with E-state index in [9.17, 15) is 9.59 Å². The molecule has 3 rings (SSSR count). The number of carbonyl (C=O) groups is 2. The first-order chi connectivity index (χ1) is 11.2. The maximum atomic E-state index is 12.6. The van der Waals surface area contributed by atoms with E-state index in [4.69, 9.17) is 0 Å². The lowest BCUT2D eigenvalue weighted by Crippen LogP contribution is -2.43. The van der Waals surface area contributed by atoms with E-state index in [2.05, 4.69) is 20.4 Å². The standard InChI is InChI=1S/C15H23N5O3/c1-23-15(22)13-10-20(18-17-13)11-8-12(16-9-11)14(21)19-6-4-2-3-5-7-19/h10-12,16H,2-9H2,1H3/t11-,12+/m1/s1. The Kier molecular flexibility index (Phi) is 4.90. The van der Waals surface area contributed by atoms with Crippen LogP contribution in [0.5, 0.6) is 0 Å². The fourth-order valence-electron chi connectivity index (χ4n) is 3.27. The molecule has 3 heterocycles. The molecule has 8 nitrogen and oxygen atoms in total. The molecule has 0 unspecified atom stereocenters. The molecule has 2 atom stereocenters. The maximum absolute atomic E-state index is 12.6. The Morgan fingerprint density at radius 3 is 2.70 bits per heavy atom. The van der Waals surface area contributed by atoms with E-state index in [0.717, 1.165) is 25.9 Å². The molecule has 0 saturated carbocycles. The van der Waals surface area contributed by atoms with Gasteiger partial charge in [0.05, 0.1) is 25.4 Å². The predicted octanol–water partition coefficient (Wildman–Crippen LogP) is 0.370. The minimum Gasteiger partial charge on any atom is -0.464 e. The van der Waals surface area contributed by atoms with Gasteiger partial charge in [-0.1, -0.05) is 18.1 Å². The van der Waals surface area contributed by atoms with Gasteiger partial charge in [0.1, 0.15) is 0 Å².